The highest BCUT2D eigenvalue weighted by Gasteiger charge is 2.45. The lowest BCUT2D eigenvalue weighted by molar-refractivity contribution is -0.304. The van der Waals surface area contributed by atoms with E-state index in [-0.39, 0.29) is 42.7 Å². The molecule has 2 aromatic carbocycles. The van der Waals surface area contributed by atoms with Gasteiger partial charge in [0.2, 0.25) is 11.8 Å². The van der Waals surface area contributed by atoms with Gasteiger partial charge in [0.25, 0.3) is 0 Å². The highest BCUT2D eigenvalue weighted by Crippen LogP contribution is 2.35. The molecule has 0 aromatic heterocycles. The lowest BCUT2D eigenvalue weighted by atomic mass is 9.85. The largest absolute Gasteiger partial charge is 0.460 e. The number of nitrogens with one attached hydrogen (secondary N) is 2. The summed E-state index contributed by atoms with van der Waals surface area (Å²) in [4.78, 5) is 39.3. The molecule has 0 bridgehead atoms. The van der Waals surface area contributed by atoms with Crippen LogP contribution < -0.4 is 10.6 Å². The fourth-order valence-corrected chi connectivity index (χ4v) is 5.69. The van der Waals surface area contributed by atoms with Gasteiger partial charge in [0.05, 0.1) is 19.1 Å². The van der Waals surface area contributed by atoms with Gasteiger partial charge in [0, 0.05) is 17.9 Å². The first kappa shape index (κ1) is 31.7. The average Bonchev–Trinajstić information content (AvgIpc) is 2.96. The molecule has 2 N–H and O–H groups in total. The van der Waals surface area contributed by atoms with Crippen molar-refractivity contribution in [2.24, 2.45) is 11.3 Å². The van der Waals surface area contributed by atoms with Gasteiger partial charge in [-0.2, -0.15) is 0 Å². The zero-order chi connectivity index (χ0) is 30.2. The monoisotopic (exact) mass is 578 g/mol. The smallest absolute Gasteiger partial charge is 0.307 e. The van der Waals surface area contributed by atoms with Crippen molar-refractivity contribution in [1.29, 1.82) is 0 Å². The van der Waals surface area contributed by atoms with Gasteiger partial charge in [-0.05, 0) is 57.1 Å². The second-order valence-electron chi connectivity index (χ2n) is 12.7. The molecule has 8 heteroatoms. The number of benzene rings is 2. The minimum Gasteiger partial charge on any atom is -0.460 e. The molecule has 0 radical (unpaired) electrons. The van der Waals surface area contributed by atoms with E-state index >= 15 is 0 Å². The molecule has 2 fully saturated rings. The Morgan fingerprint density at radius 3 is 2.12 bits per heavy atom. The van der Waals surface area contributed by atoms with Crippen LogP contribution >= 0.6 is 0 Å². The summed E-state index contributed by atoms with van der Waals surface area (Å²) in [5, 5.41) is 6.06. The van der Waals surface area contributed by atoms with Crippen molar-refractivity contribution < 1.29 is 28.6 Å². The van der Waals surface area contributed by atoms with Crippen LogP contribution in [0.15, 0.2) is 60.7 Å². The van der Waals surface area contributed by atoms with Crippen LogP contribution in [-0.4, -0.2) is 55.0 Å². The van der Waals surface area contributed by atoms with Crippen molar-refractivity contribution in [2.75, 3.05) is 13.2 Å². The Labute approximate surface area is 249 Å². The number of amides is 2. The van der Waals surface area contributed by atoms with Gasteiger partial charge < -0.3 is 24.8 Å². The fraction of sp³-hybridized carbons (Fsp3) is 0.559. The van der Waals surface area contributed by atoms with E-state index < -0.39 is 23.4 Å². The highest BCUT2D eigenvalue weighted by atomic mass is 16.7. The van der Waals surface area contributed by atoms with Gasteiger partial charge in [0.1, 0.15) is 12.2 Å². The normalized spacial score (nSPS) is 23.1. The predicted octanol–water partition coefficient (Wildman–Crippen LogP) is 4.74. The molecule has 1 unspecified atom stereocenters. The lowest BCUT2D eigenvalue weighted by Crippen LogP contribution is -2.56. The van der Waals surface area contributed by atoms with Crippen LogP contribution in [0, 0.1) is 11.3 Å². The van der Waals surface area contributed by atoms with Gasteiger partial charge in [-0.3, -0.25) is 14.4 Å². The molecule has 4 rings (SSSR count). The molecule has 2 amide bonds. The summed E-state index contributed by atoms with van der Waals surface area (Å²) in [7, 11) is 0. The molecule has 1 aliphatic carbocycles. The summed E-state index contributed by atoms with van der Waals surface area (Å²) in [5.41, 5.74) is 1.73. The Morgan fingerprint density at radius 1 is 0.905 bits per heavy atom. The molecule has 8 nitrogen and oxygen atoms in total. The second-order valence-corrected chi connectivity index (χ2v) is 12.7. The molecule has 2 aromatic rings. The third-order valence-corrected chi connectivity index (χ3v) is 8.10. The molecule has 1 aliphatic heterocycles. The van der Waals surface area contributed by atoms with Crippen molar-refractivity contribution in [3.05, 3.63) is 71.8 Å². The van der Waals surface area contributed by atoms with E-state index in [0.717, 1.165) is 30.4 Å². The topological polar surface area (TPSA) is 103 Å². The van der Waals surface area contributed by atoms with E-state index in [1.807, 2.05) is 74.5 Å². The van der Waals surface area contributed by atoms with Gasteiger partial charge in [0.15, 0.2) is 5.79 Å². The van der Waals surface area contributed by atoms with E-state index in [0.29, 0.717) is 25.9 Å². The van der Waals surface area contributed by atoms with Crippen molar-refractivity contribution in [3.63, 3.8) is 0 Å². The number of carbonyl (C=O) groups is 3. The standard InChI is InChI=1S/C34H46N2O6/c1-33(2)23-40-34(3,4)42-30(33)32(39)35-20-19-29(37)41-28-18-12-11-17-27(28)36-31(38)26(21-24-13-7-5-8-14-24)22-25-15-9-6-10-16-25/h5-10,13-16,26-28,30H,11-12,17-23H2,1-4H3,(H,35,39)(H,36,38)/t27-,28-,30?/m0/s1. The Morgan fingerprint density at radius 2 is 1.50 bits per heavy atom. The van der Waals surface area contributed by atoms with E-state index in [4.69, 9.17) is 14.2 Å². The molecule has 0 spiro atoms. The molecule has 228 valence electrons. The van der Waals surface area contributed by atoms with Crippen molar-refractivity contribution in [1.82, 2.24) is 10.6 Å². The highest BCUT2D eigenvalue weighted by molar-refractivity contribution is 5.82. The minimum atomic E-state index is -0.849. The molecule has 3 atom stereocenters. The second kappa shape index (κ2) is 14.3. The van der Waals surface area contributed by atoms with Gasteiger partial charge >= 0.3 is 5.97 Å². The number of ether oxygens (including phenoxy) is 3. The van der Waals surface area contributed by atoms with Gasteiger partial charge in [-0.25, -0.2) is 0 Å². The van der Waals surface area contributed by atoms with Crippen LogP contribution in [0.4, 0.5) is 0 Å². The number of hydrogen-bond acceptors (Lipinski definition) is 6. The Hall–Kier alpha value is -3.23. The molecule has 2 aliphatic rings. The summed E-state index contributed by atoms with van der Waals surface area (Å²) in [6, 6.07) is 19.9. The summed E-state index contributed by atoms with van der Waals surface area (Å²) in [6.07, 6.45) is 3.58. The molecule has 1 saturated carbocycles. The van der Waals surface area contributed by atoms with Gasteiger partial charge in [-0.15, -0.1) is 0 Å². The van der Waals surface area contributed by atoms with Crippen LogP contribution in [0.25, 0.3) is 0 Å². The molecular weight excluding hydrogens is 532 g/mol. The summed E-state index contributed by atoms with van der Waals surface area (Å²) in [6.45, 7) is 7.95. The van der Waals surface area contributed by atoms with Crippen LogP contribution in [0.2, 0.25) is 0 Å². The molecular formula is C34H46N2O6. The Kier molecular flexibility index (Phi) is 10.8. The van der Waals surface area contributed by atoms with Crippen LogP contribution in [0.1, 0.15) is 70.9 Å². The summed E-state index contributed by atoms with van der Waals surface area (Å²) < 4.78 is 17.4. The fourth-order valence-electron chi connectivity index (χ4n) is 5.69. The molecule has 1 heterocycles. The van der Waals surface area contributed by atoms with Crippen LogP contribution in [-0.2, 0) is 41.4 Å². The summed E-state index contributed by atoms with van der Waals surface area (Å²) >= 11 is 0. The van der Waals surface area contributed by atoms with Gasteiger partial charge in [-0.1, -0.05) is 80.9 Å². The van der Waals surface area contributed by atoms with Crippen LogP contribution in [0.5, 0.6) is 0 Å². The van der Waals surface area contributed by atoms with Crippen molar-refractivity contribution in [2.45, 2.75) is 96.7 Å². The average molecular weight is 579 g/mol. The summed E-state index contributed by atoms with van der Waals surface area (Å²) in [5.74, 6) is -1.78. The van der Waals surface area contributed by atoms with E-state index in [1.165, 1.54) is 0 Å². The number of rotatable bonds is 11. The van der Waals surface area contributed by atoms with E-state index in [9.17, 15) is 14.4 Å². The van der Waals surface area contributed by atoms with Crippen LogP contribution in [0.3, 0.4) is 0 Å². The Balaban J connectivity index is 1.31. The zero-order valence-corrected chi connectivity index (χ0v) is 25.4. The molecule has 42 heavy (non-hydrogen) atoms. The number of carbonyl (C=O) groups excluding carboxylic acids is 3. The predicted molar refractivity (Wildman–Crippen MR) is 160 cm³/mol. The maximum Gasteiger partial charge on any atom is 0.307 e. The maximum absolute atomic E-state index is 13.6. The first-order valence-corrected chi connectivity index (χ1v) is 15.2. The SMILES string of the molecule is CC1(C)OCC(C)(C)C(C(=O)NCCC(=O)O[C@H]2CCCC[C@@H]2NC(=O)C(Cc2ccccc2)Cc2ccccc2)O1. The number of esters is 1. The number of hydrogen-bond donors (Lipinski definition) is 2. The third kappa shape index (κ3) is 9.13. The third-order valence-electron chi connectivity index (χ3n) is 8.10. The zero-order valence-electron chi connectivity index (χ0n) is 25.4. The molecule has 1 saturated heterocycles. The maximum atomic E-state index is 13.6. The van der Waals surface area contributed by atoms with E-state index in [2.05, 4.69) is 10.6 Å². The van der Waals surface area contributed by atoms with Crippen molar-refractivity contribution >= 4 is 17.8 Å². The first-order valence-electron chi connectivity index (χ1n) is 15.2. The minimum absolute atomic E-state index is 0.0232. The quantitative estimate of drug-likeness (QED) is 0.374. The first-order chi connectivity index (χ1) is 20.0. The lowest BCUT2D eigenvalue weighted by Gasteiger charge is -2.44. The van der Waals surface area contributed by atoms with E-state index in [1.54, 1.807) is 13.8 Å². The Bertz CT molecular complexity index is 1140. The van der Waals surface area contributed by atoms with Crippen molar-refractivity contribution in [3.8, 4) is 0 Å².